The number of aromatic nitrogens is 1. The van der Waals surface area contributed by atoms with Crippen molar-refractivity contribution in [3.8, 4) is 0 Å². The summed E-state index contributed by atoms with van der Waals surface area (Å²) in [5, 5.41) is 5.15. The average molecular weight is 406 g/mol. The Hall–Kier alpha value is -2.45. The van der Waals surface area contributed by atoms with Gasteiger partial charge in [0.2, 0.25) is 10.0 Å². The summed E-state index contributed by atoms with van der Waals surface area (Å²) in [7, 11) is -3.79. The van der Waals surface area contributed by atoms with Crippen molar-refractivity contribution in [2.75, 3.05) is 0 Å². The van der Waals surface area contributed by atoms with E-state index in [1.807, 2.05) is 0 Å². The number of hydrogen-bond acceptors (Lipinski definition) is 3. The molecule has 1 saturated carbocycles. The van der Waals surface area contributed by atoms with Crippen LogP contribution in [0.2, 0.25) is 0 Å². The lowest BCUT2D eigenvalue weighted by atomic mass is 9.70. The van der Waals surface area contributed by atoms with Crippen LogP contribution in [0.4, 0.5) is 13.2 Å². The Morgan fingerprint density at radius 3 is 1.93 bits per heavy atom. The van der Waals surface area contributed by atoms with E-state index in [2.05, 4.69) is 17.1 Å². The maximum absolute atomic E-state index is 12.8. The van der Waals surface area contributed by atoms with Gasteiger partial charge in [-0.1, -0.05) is 36.8 Å². The summed E-state index contributed by atoms with van der Waals surface area (Å²) in [4.78, 5) is 3.58. The molecule has 4 nitrogen and oxygen atoms in total. The molecule has 8 heteroatoms. The number of halogens is 3. The molecule has 0 atom stereocenters. The molecular weight excluding hydrogens is 389 g/mol. The van der Waals surface area contributed by atoms with Crippen molar-refractivity contribution in [1.82, 2.24) is 4.98 Å². The number of alkyl halides is 3. The first-order valence-electron chi connectivity index (χ1n) is 8.70. The van der Waals surface area contributed by atoms with Crippen LogP contribution in [-0.2, 0) is 16.2 Å². The van der Waals surface area contributed by atoms with Gasteiger partial charge in [-0.3, -0.25) is 4.98 Å². The van der Waals surface area contributed by atoms with E-state index in [1.54, 1.807) is 12.1 Å². The van der Waals surface area contributed by atoms with Crippen molar-refractivity contribution >= 4 is 21.2 Å². The lowest BCUT2D eigenvalue weighted by Crippen LogP contribution is -2.22. The van der Waals surface area contributed by atoms with E-state index in [4.69, 9.17) is 5.14 Å². The molecule has 0 amide bonds. The monoisotopic (exact) mass is 406 g/mol. The minimum absolute atomic E-state index is 0.00920. The molecule has 0 radical (unpaired) electrons. The fourth-order valence-electron chi connectivity index (χ4n) is 3.67. The maximum atomic E-state index is 12.8. The van der Waals surface area contributed by atoms with E-state index in [0.29, 0.717) is 5.56 Å². The Morgan fingerprint density at radius 2 is 1.50 bits per heavy atom. The number of rotatable bonds is 3. The smallest absolute Gasteiger partial charge is 0.251 e. The molecule has 2 aliphatic carbocycles. The van der Waals surface area contributed by atoms with Gasteiger partial charge in [0.1, 0.15) is 5.69 Å². The number of nitrogens with two attached hydrogens (primary N) is 1. The number of pyridine rings is 1. The van der Waals surface area contributed by atoms with Gasteiger partial charge < -0.3 is 0 Å². The largest absolute Gasteiger partial charge is 0.433 e. The second kappa shape index (κ2) is 6.28. The van der Waals surface area contributed by atoms with Crippen molar-refractivity contribution < 1.29 is 21.6 Å². The second-order valence-corrected chi connectivity index (χ2v) is 8.76. The Balaban J connectivity index is 1.74. The van der Waals surface area contributed by atoms with E-state index in [-0.39, 0.29) is 10.3 Å². The predicted octanol–water partition coefficient (Wildman–Crippen LogP) is 4.40. The van der Waals surface area contributed by atoms with Crippen molar-refractivity contribution in [2.45, 2.75) is 30.3 Å². The SMILES string of the molecule is NS(=O)(=O)c1ccc(C2=CC3(C=C2c2ccc(C(F)(F)F)nc2)CCC3)cc1. The molecule has 0 aliphatic heterocycles. The van der Waals surface area contributed by atoms with Gasteiger partial charge in [-0.25, -0.2) is 13.6 Å². The maximum Gasteiger partial charge on any atom is 0.433 e. The standard InChI is InChI=1S/C20H17F3N2O2S/c21-20(22,23)18-7-4-14(12-25-18)17-11-19(8-1-9-19)10-16(17)13-2-5-15(6-3-13)28(24,26)27/h2-7,10-12H,1,8-9H2,(H2,24,26,27). The first-order chi connectivity index (χ1) is 13.1. The van der Waals surface area contributed by atoms with Crippen LogP contribution >= 0.6 is 0 Å². The lowest BCUT2D eigenvalue weighted by Gasteiger charge is -2.34. The van der Waals surface area contributed by atoms with E-state index < -0.39 is 21.9 Å². The van der Waals surface area contributed by atoms with Crippen LogP contribution in [0, 0.1) is 5.41 Å². The van der Waals surface area contributed by atoms with Gasteiger partial charge in [0.15, 0.2) is 0 Å². The number of allylic oxidation sites excluding steroid dienone is 4. The van der Waals surface area contributed by atoms with Crippen LogP contribution < -0.4 is 5.14 Å². The molecule has 1 fully saturated rings. The Bertz CT molecular complexity index is 1080. The molecule has 0 bridgehead atoms. The fourth-order valence-corrected chi connectivity index (χ4v) is 4.18. The Morgan fingerprint density at radius 1 is 0.929 bits per heavy atom. The minimum atomic E-state index is -4.49. The fraction of sp³-hybridized carbons (Fsp3) is 0.250. The predicted molar refractivity (Wildman–Crippen MR) is 99.3 cm³/mol. The van der Waals surface area contributed by atoms with Crippen LogP contribution in [0.1, 0.15) is 36.1 Å². The molecule has 1 aromatic heterocycles. The molecule has 1 heterocycles. The normalized spacial score (nSPS) is 18.6. The topological polar surface area (TPSA) is 73.1 Å². The third kappa shape index (κ3) is 3.38. The third-order valence-corrected chi connectivity index (χ3v) is 6.23. The zero-order chi connectivity index (χ0) is 20.2. The average Bonchev–Trinajstić information content (AvgIpc) is 3.02. The summed E-state index contributed by atoms with van der Waals surface area (Å²) >= 11 is 0. The Labute approximate surface area is 160 Å². The van der Waals surface area contributed by atoms with E-state index in [1.165, 1.54) is 24.4 Å². The van der Waals surface area contributed by atoms with Crippen molar-refractivity contribution in [3.63, 3.8) is 0 Å². The van der Waals surface area contributed by atoms with E-state index >= 15 is 0 Å². The van der Waals surface area contributed by atoms with Gasteiger partial charge in [0.25, 0.3) is 0 Å². The summed E-state index contributed by atoms with van der Waals surface area (Å²) in [5.74, 6) is 0. The van der Waals surface area contributed by atoms with Crippen LogP contribution in [-0.4, -0.2) is 13.4 Å². The summed E-state index contributed by atoms with van der Waals surface area (Å²) in [6.45, 7) is 0. The van der Waals surface area contributed by atoms with Crippen LogP contribution in [0.5, 0.6) is 0 Å². The molecular formula is C20H17F3N2O2S. The third-order valence-electron chi connectivity index (χ3n) is 5.30. The molecule has 146 valence electrons. The number of nitrogens with zero attached hydrogens (tertiary/aromatic N) is 1. The van der Waals surface area contributed by atoms with Crippen molar-refractivity contribution in [3.05, 3.63) is 71.6 Å². The molecule has 1 aromatic carbocycles. The number of sulfonamides is 1. The van der Waals surface area contributed by atoms with Gasteiger partial charge in [0.05, 0.1) is 4.90 Å². The second-order valence-electron chi connectivity index (χ2n) is 7.20. The van der Waals surface area contributed by atoms with E-state index in [0.717, 1.165) is 42.0 Å². The van der Waals surface area contributed by atoms with Gasteiger partial charge in [-0.15, -0.1) is 0 Å². The lowest BCUT2D eigenvalue weighted by molar-refractivity contribution is -0.141. The molecule has 2 aliphatic rings. The highest BCUT2D eigenvalue weighted by Gasteiger charge is 2.39. The zero-order valence-electron chi connectivity index (χ0n) is 14.7. The molecule has 1 spiro atoms. The summed E-state index contributed by atoms with van der Waals surface area (Å²) in [6, 6.07) is 8.58. The first-order valence-corrected chi connectivity index (χ1v) is 10.3. The first kappa shape index (κ1) is 18.9. The van der Waals surface area contributed by atoms with Crippen LogP contribution in [0.3, 0.4) is 0 Å². The molecule has 0 saturated heterocycles. The summed E-state index contributed by atoms with van der Waals surface area (Å²) in [6.07, 6.45) is 3.99. The highest BCUT2D eigenvalue weighted by Crippen LogP contribution is 2.53. The van der Waals surface area contributed by atoms with Gasteiger partial charge >= 0.3 is 6.18 Å². The molecule has 2 aromatic rings. The summed E-state index contributed by atoms with van der Waals surface area (Å²) in [5.41, 5.74) is 2.02. The molecule has 0 unspecified atom stereocenters. The van der Waals surface area contributed by atoms with Crippen molar-refractivity contribution in [1.29, 1.82) is 0 Å². The van der Waals surface area contributed by atoms with Gasteiger partial charge in [-0.2, -0.15) is 13.2 Å². The highest BCUT2D eigenvalue weighted by molar-refractivity contribution is 7.89. The number of primary sulfonamides is 1. The van der Waals surface area contributed by atoms with Gasteiger partial charge in [-0.05, 0) is 47.8 Å². The minimum Gasteiger partial charge on any atom is -0.251 e. The molecule has 2 N–H and O–H groups in total. The van der Waals surface area contributed by atoms with Gasteiger partial charge in [0, 0.05) is 17.2 Å². The molecule has 4 rings (SSSR count). The van der Waals surface area contributed by atoms with Crippen molar-refractivity contribution in [2.24, 2.45) is 10.6 Å². The highest BCUT2D eigenvalue weighted by atomic mass is 32.2. The quantitative estimate of drug-likeness (QED) is 0.821. The van der Waals surface area contributed by atoms with Crippen LogP contribution in [0.25, 0.3) is 11.1 Å². The number of benzene rings is 1. The number of hydrogen-bond donors (Lipinski definition) is 1. The Kier molecular flexibility index (Phi) is 4.24. The summed E-state index contributed by atoms with van der Waals surface area (Å²) < 4.78 is 61.4. The van der Waals surface area contributed by atoms with Crippen LogP contribution in [0.15, 0.2) is 59.6 Å². The molecule has 28 heavy (non-hydrogen) atoms. The zero-order valence-corrected chi connectivity index (χ0v) is 15.5. The van der Waals surface area contributed by atoms with E-state index in [9.17, 15) is 21.6 Å².